The third kappa shape index (κ3) is 8.18. The Labute approximate surface area is 137 Å². The first-order valence-corrected chi connectivity index (χ1v) is 9.29. The van der Waals surface area contributed by atoms with E-state index >= 15 is 0 Å². The summed E-state index contributed by atoms with van der Waals surface area (Å²) in [6.45, 7) is 3.28. The first-order chi connectivity index (χ1) is 10.7. The number of carbonyl (C=O) groups excluding carboxylic acids is 1. The van der Waals surface area contributed by atoms with E-state index in [0.717, 1.165) is 11.1 Å². The van der Waals surface area contributed by atoms with Gasteiger partial charge in [-0.25, -0.2) is 8.39 Å². The number of aryl methyl sites for hydroxylation is 2. The fraction of sp³-hybridized carbons (Fsp3) is 0.462. The molecule has 1 unspecified atom stereocenters. The van der Waals surface area contributed by atoms with Gasteiger partial charge in [0.05, 0.1) is 19.0 Å². The van der Waals surface area contributed by atoms with Crippen molar-refractivity contribution in [2.75, 3.05) is 25.5 Å². The molecule has 0 aliphatic rings. The van der Waals surface area contributed by atoms with Gasteiger partial charge >= 0.3 is 10.4 Å². The lowest BCUT2D eigenvalue weighted by molar-refractivity contribution is 0.0956. The zero-order chi connectivity index (χ0) is 17.5. The third-order valence-electron chi connectivity index (χ3n) is 2.85. The second-order valence-corrected chi connectivity index (χ2v) is 6.98. The number of hydrogen-bond acceptors (Lipinski definition) is 6. The van der Waals surface area contributed by atoms with Crippen LogP contribution < -0.4 is 5.32 Å². The zero-order valence-corrected chi connectivity index (χ0v) is 14.4. The SMILES string of the molecule is Cc1ccc(C(=O)NCCS(=O)OCCOS(=O)(=O)O)cc1C. The average Bonchev–Trinajstić information content (AvgIpc) is 2.45. The van der Waals surface area contributed by atoms with Gasteiger partial charge in [0.25, 0.3) is 5.91 Å². The predicted molar refractivity (Wildman–Crippen MR) is 84.7 cm³/mol. The van der Waals surface area contributed by atoms with E-state index in [1.807, 2.05) is 19.9 Å². The fourth-order valence-corrected chi connectivity index (χ4v) is 2.48. The first kappa shape index (κ1) is 19.7. The van der Waals surface area contributed by atoms with Gasteiger partial charge in [-0.15, -0.1) is 0 Å². The smallest absolute Gasteiger partial charge is 0.351 e. The van der Waals surface area contributed by atoms with E-state index in [2.05, 4.69) is 9.50 Å². The van der Waals surface area contributed by atoms with Gasteiger partial charge in [-0.1, -0.05) is 6.07 Å². The highest BCUT2D eigenvalue weighted by molar-refractivity contribution is 7.81. The maximum atomic E-state index is 11.9. The van der Waals surface area contributed by atoms with Crippen molar-refractivity contribution >= 4 is 27.4 Å². The van der Waals surface area contributed by atoms with Gasteiger partial charge in [-0.3, -0.25) is 13.5 Å². The van der Waals surface area contributed by atoms with Gasteiger partial charge in [-0.05, 0) is 37.1 Å². The number of hydrogen-bond donors (Lipinski definition) is 2. The van der Waals surface area contributed by atoms with Crippen LogP contribution in [0.4, 0.5) is 0 Å². The molecule has 2 N–H and O–H groups in total. The minimum atomic E-state index is -4.52. The van der Waals surface area contributed by atoms with E-state index in [-0.39, 0.29) is 24.8 Å². The lowest BCUT2D eigenvalue weighted by Crippen LogP contribution is -2.28. The Bertz CT molecular complexity index is 673. The van der Waals surface area contributed by atoms with Gasteiger partial charge in [0.2, 0.25) is 0 Å². The van der Waals surface area contributed by atoms with Gasteiger partial charge < -0.3 is 5.32 Å². The summed E-state index contributed by atoms with van der Waals surface area (Å²) >= 11 is -1.70. The summed E-state index contributed by atoms with van der Waals surface area (Å²) in [4.78, 5) is 11.9. The summed E-state index contributed by atoms with van der Waals surface area (Å²) in [6, 6.07) is 5.32. The van der Waals surface area contributed by atoms with Crippen molar-refractivity contribution in [2.24, 2.45) is 0 Å². The molecule has 0 aromatic heterocycles. The van der Waals surface area contributed by atoms with E-state index in [0.29, 0.717) is 5.56 Å². The van der Waals surface area contributed by atoms with Crippen LogP contribution in [-0.4, -0.2) is 48.6 Å². The van der Waals surface area contributed by atoms with Crippen LogP contribution >= 0.6 is 0 Å². The molecule has 0 bridgehead atoms. The van der Waals surface area contributed by atoms with Crippen LogP contribution in [0.25, 0.3) is 0 Å². The number of amides is 1. The van der Waals surface area contributed by atoms with Crippen molar-refractivity contribution in [2.45, 2.75) is 13.8 Å². The molecule has 0 aliphatic carbocycles. The maximum Gasteiger partial charge on any atom is 0.397 e. The molecule has 1 amide bonds. The van der Waals surface area contributed by atoms with Crippen LogP contribution in [0.3, 0.4) is 0 Å². The Morgan fingerprint density at radius 3 is 2.57 bits per heavy atom. The topological polar surface area (TPSA) is 119 Å². The Balaban J connectivity index is 2.26. The van der Waals surface area contributed by atoms with Crippen molar-refractivity contribution in [1.82, 2.24) is 5.32 Å². The fourth-order valence-electron chi connectivity index (χ4n) is 1.56. The number of benzene rings is 1. The molecule has 0 saturated heterocycles. The molecule has 8 nitrogen and oxygen atoms in total. The Morgan fingerprint density at radius 2 is 1.96 bits per heavy atom. The monoisotopic (exact) mass is 365 g/mol. The third-order valence-corrected chi connectivity index (χ3v) is 4.29. The molecule has 0 heterocycles. The molecule has 1 aromatic rings. The van der Waals surface area contributed by atoms with Crippen LogP contribution in [0.5, 0.6) is 0 Å². The highest BCUT2D eigenvalue weighted by atomic mass is 32.3. The minimum absolute atomic E-state index is 0.0441. The Hall–Kier alpha value is -1.33. The lowest BCUT2D eigenvalue weighted by atomic mass is 10.1. The summed E-state index contributed by atoms with van der Waals surface area (Å²) in [6.07, 6.45) is 0. The average molecular weight is 365 g/mol. The number of carbonyl (C=O) groups is 1. The van der Waals surface area contributed by atoms with Crippen molar-refractivity contribution < 1.29 is 30.3 Å². The quantitative estimate of drug-likeness (QED) is 0.484. The molecule has 0 saturated carbocycles. The van der Waals surface area contributed by atoms with Crippen LogP contribution in [0.1, 0.15) is 21.5 Å². The summed E-state index contributed by atoms with van der Waals surface area (Å²) in [5.74, 6) is -0.234. The van der Waals surface area contributed by atoms with Gasteiger partial charge in [0, 0.05) is 12.1 Å². The summed E-state index contributed by atoms with van der Waals surface area (Å²) in [5.41, 5.74) is 2.60. The Kier molecular flexibility index (Phi) is 7.79. The minimum Gasteiger partial charge on any atom is -0.351 e. The van der Waals surface area contributed by atoms with E-state index < -0.39 is 28.1 Å². The maximum absolute atomic E-state index is 11.9. The van der Waals surface area contributed by atoms with E-state index in [1.54, 1.807) is 12.1 Å². The first-order valence-electron chi connectivity index (χ1n) is 6.68. The molecule has 0 fully saturated rings. The molecule has 0 spiro atoms. The van der Waals surface area contributed by atoms with Gasteiger partial charge in [-0.2, -0.15) is 8.42 Å². The van der Waals surface area contributed by atoms with Crippen molar-refractivity contribution in [3.05, 3.63) is 34.9 Å². The normalized spacial score (nSPS) is 12.8. The standard InChI is InChI=1S/C13H19NO7S2/c1-10-3-4-12(9-11(10)2)13(15)14-5-8-22(16)20-6-7-21-23(17,18)19/h3-4,9H,5-8H2,1-2H3,(H,14,15)(H,17,18,19). The van der Waals surface area contributed by atoms with Crippen molar-refractivity contribution in [3.8, 4) is 0 Å². The van der Waals surface area contributed by atoms with Crippen molar-refractivity contribution in [3.63, 3.8) is 0 Å². The second-order valence-electron chi connectivity index (χ2n) is 4.63. The van der Waals surface area contributed by atoms with Crippen LogP contribution in [-0.2, 0) is 29.8 Å². The second kappa shape index (κ2) is 9.08. The largest absolute Gasteiger partial charge is 0.397 e. The molecule has 130 valence electrons. The molecule has 0 aliphatic heterocycles. The molecule has 0 radical (unpaired) electrons. The Morgan fingerprint density at radius 1 is 1.26 bits per heavy atom. The molecule has 10 heteroatoms. The molecule has 1 aromatic carbocycles. The molecule has 23 heavy (non-hydrogen) atoms. The molecular formula is C13H19NO7S2. The van der Waals surface area contributed by atoms with E-state index in [1.165, 1.54) is 0 Å². The van der Waals surface area contributed by atoms with Crippen molar-refractivity contribution in [1.29, 1.82) is 0 Å². The van der Waals surface area contributed by atoms with E-state index in [4.69, 9.17) is 8.74 Å². The van der Waals surface area contributed by atoms with Gasteiger partial charge in [0.1, 0.15) is 0 Å². The number of nitrogens with one attached hydrogen (secondary N) is 1. The molecule has 1 rings (SSSR count). The van der Waals surface area contributed by atoms with Crippen LogP contribution in [0.15, 0.2) is 18.2 Å². The highest BCUT2D eigenvalue weighted by Crippen LogP contribution is 2.09. The summed E-state index contributed by atoms with van der Waals surface area (Å²) in [7, 11) is -4.52. The van der Waals surface area contributed by atoms with Gasteiger partial charge in [0.15, 0.2) is 11.1 Å². The van der Waals surface area contributed by atoms with Crippen LogP contribution in [0, 0.1) is 13.8 Å². The lowest BCUT2D eigenvalue weighted by Gasteiger charge is -2.07. The summed E-state index contributed by atoms with van der Waals surface area (Å²) in [5, 5.41) is 2.61. The van der Waals surface area contributed by atoms with E-state index in [9.17, 15) is 17.4 Å². The number of rotatable bonds is 9. The van der Waals surface area contributed by atoms with Crippen LogP contribution in [0.2, 0.25) is 0 Å². The molecule has 1 atom stereocenters. The highest BCUT2D eigenvalue weighted by Gasteiger charge is 2.08. The summed E-state index contributed by atoms with van der Waals surface area (Å²) < 4.78 is 49.0. The predicted octanol–water partition coefficient (Wildman–Crippen LogP) is 0.533. The zero-order valence-electron chi connectivity index (χ0n) is 12.8. The molecular weight excluding hydrogens is 346 g/mol.